The number of nitrogens with one attached hydrogen (secondary N) is 1. The Balaban J connectivity index is 2.86. The van der Waals surface area contributed by atoms with E-state index < -0.39 is 22.0 Å². The summed E-state index contributed by atoms with van der Waals surface area (Å²) >= 11 is 0. The normalized spacial score (nSPS) is 12.9. The lowest BCUT2D eigenvalue weighted by molar-refractivity contribution is -0.146. The summed E-state index contributed by atoms with van der Waals surface area (Å²) in [6.45, 7) is 1.94. The van der Waals surface area contributed by atoms with Crippen LogP contribution < -0.4 is 10.6 Å². The molecule has 106 valence electrons. The van der Waals surface area contributed by atoms with Gasteiger partial charge in [0.1, 0.15) is 6.04 Å². The highest BCUT2D eigenvalue weighted by atomic mass is 32.2. The molecule has 0 spiro atoms. The maximum atomic E-state index is 12.1. The molecule has 0 fully saturated rings. The van der Waals surface area contributed by atoms with Gasteiger partial charge in [-0.3, -0.25) is 0 Å². The van der Waals surface area contributed by atoms with Crippen molar-refractivity contribution in [2.45, 2.75) is 37.1 Å². The van der Waals surface area contributed by atoms with Crippen LogP contribution in [0.2, 0.25) is 0 Å². The molecule has 0 aliphatic heterocycles. The number of rotatable bonds is 7. The quantitative estimate of drug-likeness (QED) is 0.727. The van der Waals surface area contributed by atoms with Crippen LogP contribution in [0.15, 0.2) is 35.2 Å². The Kier molecular flexibility index (Phi) is 5.94. The summed E-state index contributed by atoms with van der Waals surface area (Å²) in [5.74, 6) is 4.03. The molecule has 1 aromatic carbocycles. The summed E-state index contributed by atoms with van der Waals surface area (Å²) in [4.78, 5) is 15.7. The highest BCUT2D eigenvalue weighted by molar-refractivity contribution is 7.89. The molecule has 0 saturated carbocycles. The second-order valence-corrected chi connectivity index (χ2v) is 5.78. The second-order valence-electron chi connectivity index (χ2n) is 4.07. The molecular weight excluding hydrogens is 268 g/mol. The van der Waals surface area contributed by atoms with Crippen LogP contribution in [0.5, 0.6) is 0 Å². The molecule has 0 heterocycles. The van der Waals surface area contributed by atoms with E-state index in [-0.39, 0.29) is 4.90 Å². The van der Waals surface area contributed by atoms with E-state index in [1.165, 1.54) is 12.1 Å². The third-order valence-corrected chi connectivity index (χ3v) is 4.09. The zero-order chi connectivity index (χ0) is 14.3. The molecule has 0 saturated heterocycles. The number of hydrogen-bond donors (Lipinski definition) is 2. The average molecular weight is 286 g/mol. The van der Waals surface area contributed by atoms with E-state index in [1.807, 2.05) is 6.92 Å². The molecule has 0 aliphatic carbocycles. The molecule has 19 heavy (non-hydrogen) atoms. The van der Waals surface area contributed by atoms with E-state index in [9.17, 15) is 13.2 Å². The van der Waals surface area contributed by atoms with Crippen molar-refractivity contribution in [3.8, 4) is 0 Å². The van der Waals surface area contributed by atoms with Crippen LogP contribution in [0.25, 0.3) is 0 Å². The second kappa shape index (κ2) is 7.22. The van der Waals surface area contributed by atoms with E-state index >= 15 is 0 Å². The maximum absolute atomic E-state index is 12.1. The fourth-order valence-electron chi connectivity index (χ4n) is 1.57. The Morgan fingerprint density at radius 3 is 2.53 bits per heavy atom. The number of carbonyl (C=O) groups is 1. The predicted octanol–water partition coefficient (Wildman–Crippen LogP) is 0.941. The first-order chi connectivity index (χ1) is 9.01. The van der Waals surface area contributed by atoms with Gasteiger partial charge in [0.05, 0.1) is 4.90 Å². The Morgan fingerprint density at radius 2 is 2.00 bits per heavy atom. The first-order valence-corrected chi connectivity index (χ1v) is 7.47. The Bertz CT molecular complexity index is 502. The molecule has 6 nitrogen and oxygen atoms in total. The minimum absolute atomic E-state index is 0.0984. The van der Waals surface area contributed by atoms with Crippen LogP contribution in [0, 0.1) is 0 Å². The molecular formula is C12H18N2O4S. The van der Waals surface area contributed by atoms with Crippen LogP contribution in [0.4, 0.5) is 0 Å². The number of carbonyl (C=O) groups excluding carboxylic acids is 1. The topological polar surface area (TPSA) is 98.5 Å². The Morgan fingerprint density at radius 1 is 1.37 bits per heavy atom. The highest BCUT2D eigenvalue weighted by Crippen LogP contribution is 2.11. The molecule has 3 N–H and O–H groups in total. The lowest BCUT2D eigenvalue weighted by Crippen LogP contribution is -2.42. The highest BCUT2D eigenvalue weighted by Gasteiger charge is 2.26. The molecule has 1 aromatic rings. The number of nitrogens with two attached hydrogens (primary N) is 1. The van der Waals surface area contributed by atoms with E-state index in [0.29, 0.717) is 12.8 Å². The summed E-state index contributed by atoms with van der Waals surface area (Å²) in [5.41, 5.74) is 0. The van der Waals surface area contributed by atoms with Gasteiger partial charge in [-0.25, -0.2) is 13.2 Å². The van der Waals surface area contributed by atoms with Crippen molar-refractivity contribution in [3.05, 3.63) is 30.3 Å². The maximum Gasteiger partial charge on any atom is 0.342 e. The third-order valence-electron chi connectivity index (χ3n) is 2.60. The predicted molar refractivity (Wildman–Crippen MR) is 70.4 cm³/mol. The molecule has 1 rings (SSSR count). The Hall–Kier alpha value is -1.44. The van der Waals surface area contributed by atoms with Crippen molar-refractivity contribution < 1.29 is 18.0 Å². The lowest BCUT2D eigenvalue weighted by Gasteiger charge is -2.15. The molecule has 0 aliphatic rings. The lowest BCUT2D eigenvalue weighted by atomic mass is 10.1. The van der Waals surface area contributed by atoms with Gasteiger partial charge >= 0.3 is 5.97 Å². The fraction of sp³-hybridized carbons (Fsp3) is 0.417. The fourth-order valence-corrected chi connectivity index (χ4v) is 2.81. The third kappa shape index (κ3) is 4.62. The number of hydrogen-bond acceptors (Lipinski definition) is 5. The number of benzene rings is 1. The SMILES string of the molecule is CCCC[C@H](NS(=O)(=O)c1ccccc1)C(=O)ON. The largest absolute Gasteiger partial charge is 0.372 e. The van der Waals surface area contributed by atoms with Gasteiger partial charge in [0.15, 0.2) is 0 Å². The summed E-state index contributed by atoms with van der Waals surface area (Å²) in [6.07, 6.45) is 1.87. The van der Waals surface area contributed by atoms with Gasteiger partial charge in [0.2, 0.25) is 10.0 Å². The van der Waals surface area contributed by atoms with Gasteiger partial charge in [-0.15, -0.1) is 0 Å². The van der Waals surface area contributed by atoms with Gasteiger partial charge in [-0.2, -0.15) is 10.6 Å². The van der Waals surface area contributed by atoms with Crippen LogP contribution >= 0.6 is 0 Å². The standard InChI is InChI=1S/C12H18N2O4S/c1-2-3-9-11(12(15)18-13)14-19(16,17)10-7-5-4-6-8-10/h4-8,11,14H,2-3,9,13H2,1H3/t11-/m0/s1. The summed E-state index contributed by atoms with van der Waals surface area (Å²) < 4.78 is 26.4. The van der Waals surface area contributed by atoms with E-state index in [0.717, 1.165) is 6.42 Å². The summed E-state index contributed by atoms with van der Waals surface area (Å²) in [6, 6.07) is 6.87. The van der Waals surface area contributed by atoms with Gasteiger partial charge in [0.25, 0.3) is 0 Å². The summed E-state index contributed by atoms with van der Waals surface area (Å²) in [7, 11) is -3.75. The van der Waals surface area contributed by atoms with Crippen molar-refractivity contribution >= 4 is 16.0 Å². The molecule has 0 amide bonds. The first-order valence-electron chi connectivity index (χ1n) is 5.99. The monoisotopic (exact) mass is 286 g/mol. The molecule has 0 unspecified atom stereocenters. The average Bonchev–Trinajstić information content (AvgIpc) is 2.43. The van der Waals surface area contributed by atoms with Gasteiger partial charge in [0, 0.05) is 0 Å². The van der Waals surface area contributed by atoms with E-state index in [4.69, 9.17) is 5.90 Å². The van der Waals surface area contributed by atoms with Crippen LogP contribution in [-0.4, -0.2) is 20.4 Å². The van der Waals surface area contributed by atoms with E-state index in [1.54, 1.807) is 18.2 Å². The molecule has 0 radical (unpaired) electrons. The van der Waals surface area contributed by atoms with Crippen LogP contribution in [0.1, 0.15) is 26.2 Å². The Labute approximate surface area is 113 Å². The smallest absolute Gasteiger partial charge is 0.342 e. The van der Waals surface area contributed by atoms with Gasteiger partial charge in [-0.05, 0) is 18.6 Å². The first kappa shape index (κ1) is 15.6. The summed E-state index contributed by atoms with van der Waals surface area (Å²) in [5, 5.41) is 0. The van der Waals surface area contributed by atoms with Crippen molar-refractivity contribution in [3.63, 3.8) is 0 Å². The zero-order valence-electron chi connectivity index (χ0n) is 10.7. The van der Waals surface area contributed by atoms with Crippen LogP contribution in [-0.2, 0) is 19.7 Å². The van der Waals surface area contributed by atoms with Gasteiger partial charge in [-0.1, -0.05) is 38.0 Å². The van der Waals surface area contributed by atoms with Crippen LogP contribution in [0.3, 0.4) is 0 Å². The minimum Gasteiger partial charge on any atom is -0.372 e. The minimum atomic E-state index is -3.75. The molecule has 0 aromatic heterocycles. The molecule has 1 atom stereocenters. The molecule has 7 heteroatoms. The van der Waals surface area contributed by atoms with Crippen molar-refractivity contribution in [2.24, 2.45) is 5.90 Å². The van der Waals surface area contributed by atoms with E-state index in [2.05, 4.69) is 9.56 Å². The molecule has 0 bridgehead atoms. The van der Waals surface area contributed by atoms with Crippen molar-refractivity contribution in [1.82, 2.24) is 4.72 Å². The number of sulfonamides is 1. The van der Waals surface area contributed by atoms with Crippen molar-refractivity contribution in [1.29, 1.82) is 0 Å². The zero-order valence-corrected chi connectivity index (χ0v) is 11.5. The van der Waals surface area contributed by atoms with Gasteiger partial charge < -0.3 is 4.84 Å². The number of unbranched alkanes of at least 4 members (excludes halogenated alkanes) is 1. The van der Waals surface area contributed by atoms with Crippen molar-refractivity contribution in [2.75, 3.05) is 0 Å².